The molecule has 1 aliphatic rings. The molecule has 3 heteroatoms. The van der Waals surface area contributed by atoms with Crippen molar-refractivity contribution in [2.24, 2.45) is 10.9 Å². The van der Waals surface area contributed by atoms with Crippen LogP contribution < -0.4 is 0 Å². The predicted octanol–water partition coefficient (Wildman–Crippen LogP) is 3.06. The van der Waals surface area contributed by atoms with Gasteiger partial charge in [-0.1, -0.05) is 13.0 Å². The third-order valence-electron chi connectivity index (χ3n) is 1.26. The molecule has 9 heavy (non-hydrogen) atoms. The van der Waals surface area contributed by atoms with Crippen molar-refractivity contribution in [2.45, 2.75) is 13.3 Å². The van der Waals surface area contributed by atoms with E-state index in [2.05, 4.69) is 49.9 Å². The first kappa shape index (κ1) is 7.48. The molecule has 0 spiro atoms. The highest BCUT2D eigenvalue weighted by Crippen LogP contribution is 2.22. The summed E-state index contributed by atoms with van der Waals surface area (Å²) in [5.74, 6) is 0.547. The quantitative estimate of drug-likeness (QED) is 0.588. The Morgan fingerprint density at radius 2 is 2.33 bits per heavy atom. The number of halogens is 2. The van der Waals surface area contributed by atoms with E-state index in [0.717, 1.165) is 15.6 Å². The number of nitrogens with zero attached hydrogens (tertiary/aromatic N) is 1. The maximum atomic E-state index is 4.17. The van der Waals surface area contributed by atoms with Crippen LogP contribution in [0.3, 0.4) is 0 Å². The van der Waals surface area contributed by atoms with Crippen LogP contribution in [0, 0.1) is 5.92 Å². The van der Waals surface area contributed by atoms with Gasteiger partial charge in [-0.15, -0.1) is 0 Å². The third kappa shape index (κ3) is 1.90. The van der Waals surface area contributed by atoms with Gasteiger partial charge >= 0.3 is 0 Å². The summed E-state index contributed by atoms with van der Waals surface area (Å²) in [6, 6.07) is 0. The molecule has 0 aliphatic carbocycles. The lowest BCUT2D eigenvalue weighted by molar-refractivity contribution is 0.790. The van der Waals surface area contributed by atoms with Crippen molar-refractivity contribution in [1.29, 1.82) is 0 Å². The van der Waals surface area contributed by atoms with E-state index in [1.807, 2.05) is 0 Å². The molecule has 1 atom stereocenters. The molecule has 0 aromatic rings. The van der Waals surface area contributed by atoms with E-state index in [-0.39, 0.29) is 0 Å². The van der Waals surface area contributed by atoms with Crippen molar-refractivity contribution in [3.63, 3.8) is 0 Å². The van der Waals surface area contributed by atoms with Crippen LogP contribution in [0.15, 0.2) is 15.7 Å². The number of aliphatic imine (C=N–C) groups is 1. The van der Waals surface area contributed by atoms with Crippen molar-refractivity contribution >= 4 is 36.5 Å². The molecular weight excluding hydrogens is 246 g/mol. The maximum Gasteiger partial charge on any atom is 0.103 e. The summed E-state index contributed by atoms with van der Waals surface area (Å²) < 4.78 is 1.98. The minimum Gasteiger partial charge on any atom is -0.239 e. The largest absolute Gasteiger partial charge is 0.239 e. The van der Waals surface area contributed by atoms with Crippen LogP contribution >= 0.6 is 31.9 Å². The van der Waals surface area contributed by atoms with Gasteiger partial charge in [0.2, 0.25) is 0 Å². The standard InChI is InChI=1S/C6H7Br2N/c1-4-2-3-5(7)9-6(4)8/h3-4H,2H2,1H3. The van der Waals surface area contributed by atoms with Gasteiger partial charge in [0.1, 0.15) is 4.61 Å². The third-order valence-corrected chi connectivity index (χ3v) is 2.72. The fraction of sp³-hybridized carbons (Fsp3) is 0.500. The van der Waals surface area contributed by atoms with Crippen LogP contribution in [-0.2, 0) is 0 Å². The average molecular weight is 253 g/mol. The highest BCUT2D eigenvalue weighted by atomic mass is 79.9. The number of hydrogen-bond donors (Lipinski definition) is 0. The lowest BCUT2D eigenvalue weighted by Crippen LogP contribution is -2.05. The fourth-order valence-corrected chi connectivity index (χ4v) is 1.62. The fourth-order valence-electron chi connectivity index (χ4n) is 0.629. The maximum absolute atomic E-state index is 4.17. The van der Waals surface area contributed by atoms with Crippen LogP contribution in [0.5, 0.6) is 0 Å². The zero-order chi connectivity index (χ0) is 6.85. The topological polar surface area (TPSA) is 12.4 Å². The van der Waals surface area contributed by atoms with Gasteiger partial charge in [0.05, 0.1) is 4.62 Å². The van der Waals surface area contributed by atoms with Gasteiger partial charge in [-0.2, -0.15) is 0 Å². The van der Waals surface area contributed by atoms with Crippen LogP contribution in [-0.4, -0.2) is 4.62 Å². The number of rotatable bonds is 0. The molecule has 1 rings (SSSR count). The first-order chi connectivity index (χ1) is 4.20. The average Bonchev–Trinajstić information content (AvgIpc) is 1.80. The molecule has 0 saturated heterocycles. The SMILES string of the molecule is CC1CC=C(Br)N=C1Br. The Morgan fingerprint density at radius 3 is 2.78 bits per heavy atom. The summed E-state index contributed by atoms with van der Waals surface area (Å²) in [5, 5.41) is 0. The Labute approximate surface area is 71.5 Å². The summed E-state index contributed by atoms with van der Waals surface area (Å²) in [6.45, 7) is 2.14. The Hall–Kier alpha value is 0.370. The second-order valence-corrected chi connectivity index (χ2v) is 3.72. The normalized spacial score (nSPS) is 27.2. The van der Waals surface area contributed by atoms with Crippen molar-refractivity contribution in [1.82, 2.24) is 0 Å². The van der Waals surface area contributed by atoms with E-state index < -0.39 is 0 Å². The van der Waals surface area contributed by atoms with Crippen molar-refractivity contribution in [3.05, 3.63) is 10.7 Å². The predicted molar refractivity (Wildman–Crippen MR) is 47.2 cm³/mol. The molecule has 0 bridgehead atoms. The van der Waals surface area contributed by atoms with E-state index in [9.17, 15) is 0 Å². The molecule has 0 aromatic heterocycles. The van der Waals surface area contributed by atoms with Crippen LogP contribution in [0.2, 0.25) is 0 Å². The monoisotopic (exact) mass is 251 g/mol. The molecule has 1 heterocycles. The zero-order valence-electron chi connectivity index (χ0n) is 5.06. The first-order valence-corrected chi connectivity index (χ1v) is 4.38. The molecule has 0 amide bonds. The van der Waals surface area contributed by atoms with Gasteiger partial charge in [-0.25, -0.2) is 4.99 Å². The molecule has 0 radical (unpaired) electrons. The molecule has 1 nitrogen and oxygen atoms in total. The van der Waals surface area contributed by atoms with Gasteiger partial charge in [0.15, 0.2) is 0 Å². The van der Waals surface area contributed by atoms with E-state index in [0.29, 0.717) is 5.92 Å². The lowest BCUT2D eigenvalue weighted by atomic mass is 10.1. The Balaban J connectivity index is 2.74. The number of hydrogen-bond acceptors (Lipinski definition) is 1. The van der Waals surface area contributed by atoms with Crippen LogP contribution in [0.1, 0.15) is 13.3 Å². The van der Waals surface area contributed by atoms with Crippen molar-refractivity contribution in [2.75, 3.05) is 0 Å². The summed E-state index contributed by atoms with van der Waals surface area (Å²) in [6.07, 6.45) is 3.15. The second kappa shape index (κ2) is 2.97. The molecule has 0 saturated carbocycles. The smallest absolute Gasteiger partial charge is 0.103 e. The summed E-state index contributed by atoms with van der Waals surface area (Å²) >= 11 is 6.67. The van der Waals surface area contributed by atoms with Crippen LogP contribution in [0.4, 0.5) is 0 Å². The molecule has 0 N–H and O–H groups in total. The molecule has 1 unspecified atom stereocenters. The van der Waals surface area contributed by atoms with Gasteiger partial charge in [0.25, 0.3) is 0 Å². The van der Waals surface area contributed by atoms with Crippen LogP contribution in [0.25, 0.3) is 0 Å². The Morgan fingerprint density at radius 1 is 1.67 bits per heavy atom. The van der Waals surface area contributed by atoms with Gasteiger partial charge in [-0.05, 0) is 38.3 Å². The summed E-state index contributed by atoms with van der Waals surface area (Å²) in [7, 11) is 0. The lowest BCUT2D eigenvalue weighted by Gasteiger charge is -2.10. The Kier molecular flexibility index (Phi) is 2.47. The highest BCUT2D eigenvalue weighted by molar-refractivity contribution is 9.18. The minimum atomic E-state index is 0.547. The number of allylic oxidation sites excluding steroid dienone is 1. The van der Waals surface area contributed by atoms with E-state index in [1.54, 1.807) is 0 Å². The van der Waals surface area contributed by atoms with Gasteiger partial charge in [0, 0.05) is 5.92 Å². The van der Waals surface area contributed by atoms with E-state index >= 15 is 0 Å². The molecule has 50 valence electrons. The second-order valence-electron chi connectivity index (χ2n) is 2.10. The zero-order valence-corrected chi connectivity index (χ0v) is 8.24. The Bertz CT molecular complexity index is 172. The summed E-state index contributed by atoms with van der Waals surface area (Å²) in [4.78, 5) is 4.17. The van der Waals surface area contributed by atoms with Crippen molar-refractivity contribution < 1.29 is 0 Å². The first-order valence-electron chi connectivity index (χ1n) is 2.80. The molecule has 1 aliphatic heterocycles. The molecule has 0 aromatic carbocycles. The van der Waals surface area contributed by atoms with Gasteiger partial charge < -0.3 is 0 Å². The summed E-state index contributed by atoms with van der Waals surface area (Å²) in [5.41, 5.74) is 0. The van der Waals surface area contributed by atoms with E-state index in [1.165, 1.54) is 0 Å². The minimum absolute atomic E-state index is 0.547. The highest BCUT2D eigenvalue weighted by Gasteiger charge is 2.10. The van der Waals surface area contributed by atoms with Gasteiger partial charge in [-0.3, -0.25) is 0 Å². The molecule has 0 fully saturated rings. The van der Waals surface area contributed by atoms with E-state index in [4.69, 9.17) is 0 Å². The van der Waals surface area contributed by atoms with Crippen molar-refractivity contribution in [3.8, 4) is 0 Å². The molecular formula is C6H7Br2N.